The van der Waals surface area contributed by atoms with Crippen LogP contribution in [0.25, 0.3) is 0 Å². The maximum atomic E-state index is 12.6. The second-order valence-corrected chi connectivity index (χ2v) is 5.43. The zero-order valence-corrected chi connectivity index (χ0v) is 13.6. The van der Waals surface area contributed by atoms with E-state index in [1.807, 2.05) is 58.9 Å². The lowest BCUT2D eigenvalue weighted by Crippen LogP contribution is -2.18. The van der Waals surface area contributed by atoms with Gasteiger partial charge in [0.15, 0.2) is 0 Å². The molecule has 0 spiro atoms. The van der Waals surface area contributed by atoms with Crippen molar-refractivity contribution in [3.8, 4) is 5.75 Å². The summed E-state index contributed by atoms with van der Waals surface area (Å²) < 4.78 is 5.72. The molecular formula is C17H21N3O2. The summed E-state index contributed by atoms with van der Waals surface area (Å²) in [4.78, 5) is 21.1. The Morgan fingerprint density at radius 2 is 1.68 bits per heavy atom. The van der Waals surface area contributed by atoms with Crippen molar-refractivity contribution in [1.29, 1.82) is 0 Å². The summed E-state index contributed by atoms with van der Waals surface area (Å²) in [5.74, 6) is 1.08. The van der Waals surface area contributed by atoms with Crippen LogP contribution >= 0.6 is 0 Å². The third-order valence-electron chi connectivity index (χ3n) is 3.11. The highest BCUT2D eigenvalue weighted by atomic mass is 16.5. The molecule has 0 radical (unpaired) electrons. The predicted octanol–water partition coefficient (Wildman–Crippen LogP) is 3.44. The van der Waals surface area contributed by atoms with Crippen LogP contribution in [0.5, 0.6) is 5.75 Å². The van der Waals surface area contributed by atoms with Crippen molar-refractivity contribution in [3.63, 3.8) is 0 Å². The van der Waals surface area contributed by atoms with Crippen LogP contribution in [0.2, 0.25) is 0 Å². The monoisotopic (exact) mass is 299 g/mol. The van der Waals surface area contributed by atoms with Crippen LogP contribution in [0.1, 0.15) is 41.4 Å². The third-order valence-corrected chi connectivity index (χ3v) is 3.11. The van der Waals surface area contributed by atoms with E-state index in [-0.39, 0.29) is 12.0 Å². The van der Waals surface area contributed by atoms with Crippen LogP contribution in [0.3, 0.4) is 0 Å². The van der Waals surface area contributed by atoms with Gasteiger partial charge in [-0.05, 0) is 46.8 Å². The van der Waals surface area contributed by atoms with Crippen LogP contribution in [-0.2, 0) is 0 Å². The highest BCUT2D eigenvalue weighted by molar-refractivity contribution is 6.06. The molecule has 1 amide bonds. The predicted molar refractivity (Wildman–Crippen MR) is 86.4 cm³/mol. The molecule has 0 unspecified atom stereocenters. The van der Waals surface area contributed by atoms with Crippen LogP contribution in [0.15, 0.2) is 24.3 Å². The van der Waals surface area contributed by atoms with Crippen molar-refractivity contribution in [1.82, 2.24) is 9.97 Å². The molecule has 116 valence electrons. The second-order valence-electron chi connectivity index (χ2n) is 5.43. The molecule has 22 heavy (non-hydrogen) atoms. The summed E-state index contributed by atoms with van der Waals surface area (Å²) in [5.41, 5.74) is 2.49. The van der Waals surface area contributed by atoms with Crippen LogP contribution < -0.4 is 10.1 Å². The van der Waals surface area contributed by atoms with E-state index in [1.54, 1.807) is 0 Å². The number of ether oxygens (including phenoxy) is 1. The Morgan fingerprint density at radius 3 is 2.27 bits per heavy atom. The number of benzene rings is 1. The van der Waals surface area contributed by atoms with Crippen LogP contribution in [-0.4, -0.2) is 22.0 Å². The highest BCUT2D eigenvalue weighted by Crippen LogP contribution is 2.26. The van der Waals surface area contributed by atoms with E-state index in [1.165, 1.54) is 0 Å². The Kier molecular flexibility index (Phi) is 4.75. The minimum atomic E-state index is -0.227. The summed E-state index contributed by atoms with van der Waals surface area (Å²) in [6.45, 7) is 9.33. The number of anilines is 1. The smallest absolute Gasteiger partial charge is 0.259 e. The molecule has 0 saturated heterocycles. The summed E-state index contributed by atoms with van der Waals surface area (Å²) in [6.07, 6.45) is 0.0317. The number of hydrogen-bond acceptors (Lipinski definition) is 4. The van der Waals surface area contributed by atoms with E-state index in [4.69, 9.17) is 4.74 Å². The molecule has 5 nitrogen and oxygen atoms in total. The molecule has 0 aliphatic carbocycles. The first-order chi connectivity index (χ1) is 10.4. The van der Waals surface area contributed by atoms with Gasteiger partial charge in [-0.2, -0.15) is 0 Å². The number of para-hydroxylation sites is 2. The Labute approximate surface area is 130 Å². The number of hydrogen-bond donors (Lipinski definition) is 1. The van der Waals surface area contributed by atoms with Crippen molar-refractivity contribution >= 4 is 11.6 Å². The molecule has 5 heteroatoms. The van der Waals surface area contributed by atoms with Gasteiger partial charge in [0.25, 0.3) is 5.91 Å². The van der Waals surface area contributed by atoms with Crippen LogP contribution in [0.4, 0.5) is 5.69 Å². The van der Waals surface area contributed by atoms with Gasteiger partial charge in [-0.15, -0.1) is 0 Å². The fourth-order valence-electron chi connectivity index (χ4n) is 2.32. The molecule has 1 aromatic heterocycles. The number of carbonyl (C=O) groups is 1. The molecule has 2 rings (SSSR count). The maximum absolute atomic E-state index is 12.6. The molecule has 0 bridgehead atoms. The number of amides is 1. The SMILES string of the molecule is Cc1nc(C)c(C(=O)Nc2ccccc2OC(C)C)c(C)n1. The number of aromatic nitrogens is 2. The summed E-state index contributed by atoms with van der Waals surface area (Å²) >= 11 is 0. The number of aryl methyl sites for hydroxylation is 3. The van der Waals surface area contributed by atoms with Gasteiger partial charge >= 0.3 is 0 Å². The lowest BCUT2D eigenvalue weighted by molar-refractivity contribution is 0.102. The number of carbonyl (C=O) groups excluding carboxylic acids is 1. The minimum Gasteiger partial charge on any atom is -0.489 e. The molecule has 0 saturated carbocycles. The van der Waals surface area contributed by atoms with E-state index in [0.29, 0.717) is 34.2 Å². The average Bonchev–Trinajstić information content (AvgIpc) is 2.39. The van der Waals surface area contributed by atoms with Gasteiger partial charge in [-0.25, -0.2) is 9.97 Å². The fourth-order valence-corrected chi connectivity index (χ4v) is 2.32. The van der Waals surface area contributed by atoms with E-state index < -0.39 is 0 Å². The van der Waals surface area contributed by atoms with Crippen molar-refractivity contribution in [3.05, 3.63) is 47.0 Å². The lowest BCUT2D eigenvalue weighted by atomic mass is 10.1. The van der Waals surface area contributed by atoms with Gasteiger partial charge in [0.1, 0.15) is 11.6 Å². The first kappa shape index (κ1) is 15.9. The van der Waals surface area contributed by atoms with Crippen molar-refractivity contribution < 1.29 is 9.53 Å². The van der Waals surface area contributed by atoms with Crippen molar-refractivity contribution in [2.24, 2.45) is 0 Å². The molecule has 1 aromatic carbocycles. The summed E-state index contributed by atoms with van der Waals surface area (Å²) in [5, 5.41) is 2.89. The normalized spacial score (nSPS) is 10.6. The van der Waals surface area contributed by atoms with E-state index in [0.717, 1.165) is 0 Å². The first-order valence-corrected chi connectivity index (χ1v) is 7.27. The maximum Gasteiger partial charge on any atom is 0.259 e. The first-order valence-electron chi connectivity index (χ1n) is 7.27. The zero-order chi connectivity index (χ0) is 16.3. The average molecular weight is 299 g/mol. The number of nitrogens with zero attached hydrogens (tertiary/aromatic N) is 2. The fraction of sp³-hybridized carbons (Fsp3) is 0.353. The molecule has 0 fully saturated rings. The molecule has 1 N–H and O–H groups in total. The molecular weight excluding hydrogens is 278 g/mol. The Balaban J connectivity index is 2.30. The number of nitrogens with one attached hydrogen (secondary N) is 1. The second kappa shape index (κ2) is 6.56. The van der Waals surface area contributed by atoms with Crippen LogP contribution in [0, 0.1) is 20.8 Å². The molecule has 2 aromatic rings. The Morgan fingerprint density at radius 1 is 1.09 bits per heavy atom. The molecule has 0 atom stereocenters. The minimum absolute atomic E-state index is 0.0317. The Bertz CT molecular complexity index is 673. The standard InChI is InChI=1S/C17H21N3O2/c1-10(2)22-15-9-7-6-8-14(15)20-17(21)16-11(3)18-13(5)19-12(16)4/h6-10H,1-5H3,(H,20,21). The largest absolute Gasteiger partial charge is 0.489 e. The van der Waals surface area contributed by atoms with E-state index in [9.17, 15) is 4.79 Å². The molecule has 1 heterocycles. The molecule has 0 aliphatic heterocycles. The molecule has 0 aliphatic rings. The van der Waals surface area contributed by atoms with Gasteiger partial charge in [0.2, 0.25) is 0 Å². The number of rotatable bonds is 4. The van der Waals surface area contributed by atoms with Gasteiger partial charge in [0.05, 0.1) is 28.7 Å². The van der Waals surface area contributed by atoms with Crippen molar-refractivity contribution in [2.75, 3.05) is 5.32 Å². The lowest BCUT2D eigenvalue weighted by Gasteiger charge is -2.15. The quantitative estimate of drug-likeness (QED) is 0.939. The van der Waals surface area contributed by atoms with E-state index >= 15 is 0 Å². The summed E-state index contributed by atoms with van der Waals surface area (Å²) in [6, 6.07) is 7.38. The third kappa shape index (κ3) is 3.61. The van der Waals surface area contributed by atoms with Crippen molar-refractivity contribution in [2.45, 2.75) is 40.7 Å². The van der Waals surface area contributed by atoms with Gasteiger partial charge in [-0.1, -0.05) is 12.1 Å². The van der Waals surface area contributed by atoms with Gasteiger partial charge < -0.3 is 10.1 Å². The topological polar surface area (TPSA) is 64.1 Å². The van der Waals surface area contributed by atoms with Gasteiger partial charge in [-0.3, -0.25) is 4.79 Å². The summed E-state index contributed by atoms with van der Waals surface area (Å²) in [7, 11) is 0. The van der Waals surface area contributed by atoms with E-state index in [2.05, 4.69) is 15.3 Å². The Hall–Kier alpha value is -2.43. The zero-order valence-electron chi connectivity index (χ0n) is 13.6. The highest BCUT2D eigenvalue weighted by Gasteiger charge is 2.17. The van der Waals surface area contributed by atoms with Gasteiger partial charge in [0, 0.05) is 0 Å².